The summed E-state index contributed by atoms with van der Waals surface area (Å²) in [4.78, 5) is 0. The molecule has 0 spiro atoms. The van der Waals surface area contributed by atoms with Crippen LogP contribution in [0.2, 0.25) is 0 Å². The quantitative estimate of drug-likeness (QED) is 0.517. The number of rotatable bonds is 0. The highest BCUT2D eigenvalue weighted by molar-refractivity contribution is 8.06. The molecule has 0 bridgehead atoms. The first-order valence-corrected chi connectivity index (χ1v) is 3.76. The zero-order valence-electron chi connectivity index (χ0n) is 3.93. The van der Waals surface area contributed by atoms with Crippen molar-refractivity contribution in [1.29, 1.82) is 0 Å². The highest BCUT2D eigenvalue weighted by Gasteiger charge is 2.11. The Kier molecular flexibility index (Phi) is 2.35. The van der Waals surface area contributed by atoms with E-state index in [0.29, 0.717) is 11.0 Å². The van der Waals surface area contributed by atoms with Crippen molar-refractivity contribution in [2.45, 2.75) is 4.71 Å². The molecule has 0 saturated carbocycles. The monoisotopic (exact) mass is 170 g/mol. The van der Waals surface area contributed by atoms with Gasteiger partial charge in [0.2, 0.25) is 0 Å². The summed E-state index contributed by atoms with van der Waals surface area (Å²) < 4.78 is 5.45. The predicted octanol–water partition coefficient (Wildman–Crippen LogP) is 2.35. The summed E-state index contributed by atoms with van der Waals surface area (Å²) >= 11 is 12.6. The number of ether oxygens (including phenoxy) is 1. The van der Waals surface area contributed by atoms with Crippen molar-refractivity contribution in [3.63, 3.8) is 0 Å². The van der Waals surface area contributed by atoms with Gasteiger partial charge in [-0.3, -0.25) is 0 Å². The van der Waals surface area contributed by atoms with Gasteiger partial charge in [0.1, 0.15) is 21.9 Å². The van der Waals surface area contributed by atoms with E-state index in [4.69, 9.17) is 27.9 Å². The third kappa shape index (κ3) is 1.77. The molecule has 0 radical (unpaired) electrons. The van der Waals surface area contributed by atoms with E-state index in [9.17, 15) is 0 Å². The Bertz CT molecular complexity index is 115. The Labute approximate surface area is 62.0 Å². The van der Waals surface area contributed by atoms with Crippen molar-refractivity contribution in [3.05, 3.63) is 10.6 Å². The molecule has 1 atom stereocenters. The molecule has 1 nitrogen and oxygen atoms in total. The van der Waals surface area contributed by atoms with E-state index in [1.54, 1.807) is 0 Å². The van der Waals surface area contributed by atoms with Gasteiger partial charge in [0, 0.05) is 0 Å². The van der Waals surface area contributed by atoms with Crippen LogP contribution in [0.15, 0.2) is 10.6 Å². The molecule has 1 rings (SSSR count). The lowest BCUT2D eigenvalue weighted by atomic mass is 10.8. The van der Waals surface area contributed by atoms with Crippen molar-refractivity contribution in [3.8, 4) is 0 Å². The summed E-state index contributed by atoms with van der Waals surface area (Å²) in [6.45, 7) is 0.544. The topological polar surface area (TPSA) is 9.23 Å². The van der Waals surface area contributed by atoms with Gasteiger partial charge in [-0.25, -0.2) is 0 Å². The average molecular weight is 171 g/mol. The average Bonchev–Trinajstić information content (AvgIpc) is 1.64. The zero-order valence-corrected chi connectivity index (χ0v) is 6.26. The van der Waals surface area contributed by atoms with E-state index in [0.717, 1.165) is 0 Å². The molecule has 0 amide bonds. The maximum Gasteiger partial charge on any atom is 0.118 e. The maximum atomic E-state index is 5.62. The van der Waals surface area contributed by atoms with E-state index < -0.39 is 0 Å². The second-order valence-corrected chi connectivity index (χ2v) is 3.94. The van der Waals surface area contributed by atoms with Gasteiger partial charge in [-0.15, -0.1) is 11.6 Å². The molecular formula is C4H4Cl2OS. The Hall–Kier alpha value is 0.470. The first-order chi connectivity index (χ1) is 3.79. The summed E-state index contributed by atoms with van der Waals surface area (Å²) in [5.41, 5.74) is 0. The SMILES string of the molecule is ClC1=COCC(Cl)S1. The molecule has 4 heteroatoms. The standard InChI is InChI=1S/C4H4Cl2OS/c5-3-1-7-2-4(6)8-3/h1,4H,2H2. The summed E-state index contributed by atoms with van der Waals surface area (Å²) in [6.07, 6.45) is 1.51. The molecule has 0 N–H and O–H groups in total. The number of alkyl halides is 1. The third-order valence-electron chi connectivity index (χ3n) is 0.644. The summed E-state index contributed by atoms with van der Waals surface area (Å²) in [6, 6.07) is 0. The fourth-order valence-electron chi connectivity index (χ4n) is 0.373. The largest absolute Gasteiger partial charge is 0.497 e. The van der Waals surface area contributed by atoms with Crippen LogP contribution in [0.3, 0.4) is 0 Å². The lowest BCUT2D eigenvalue weighted by Crippen LogP contribution is -2.05. The van der Waals surface area contributed by atoms with Gasteiger partial charge in [-0.1, -0.05) is 23.4 Å². The smallest absolute Gasteiger partial charge is 0.118 e. The van der Waals surface area contributed by atoms with Crippen molar-refractivity contribution in [2.24, 2.45) is 0 Å². The molecule has 0 aromatic rings. The number of hydrogen-bond acceptors (Lipinski definition) is 2. The van der Waals surface area contributed by atoms with Gasteiger partial charge < -0.3 is 4.74 Å². The van der Waals surface area contributed by atoms with Gasteiger partial charge in [0.15, 0.2) is 0 Å². The van der Waals surface area contributed by atoms with Crippen LogP contribution in [0.4, 0.5) is 0 Å². The van der Waals surface area contributed by atoms with Gasteiger partial charge in [0.25, 0.3) is 0 Å². The van der Waals surface area contributed by atoms with Crippen molar-refractivity contribution in [1.82, 2.24) is 0 Å². The lowest BCUT2D eigenvalue weighted by Gasteiger charge is -2.12. The first-order valence-electron chi connectivity index (χ1n) is 2.07. The van der Waals surface area contributed by atoms with E-state index in [-0.39, 0.29) is 4.71 Å². The van der Waals surface area contributed by atoms with Gasteiger partial charge in [-0.05, 0) is 0 Å². The molecule has 0 aromatic heterocycles. The van der Waals surface area contributed by atoms with Crippen LogP contribution in [0.25, 0.3) is 0 Å². The van der Waals surface area contributed by atoms with Crippen LogP contribution in [0.1, 0.15) is 0 Å². The highest BCUT2D eigenvalue weighted by atomic mass is 35.5. The molecule has 0 aromatic carbocycles. The Morgan fingerprint density at radius 3 is 3.00 bits per heavy atom. The Morgan fingerprint density at radius 1 is 1.88 bits per heavy atom. The van der Waals surface area contributed by atoms with E-state index in [1.807, 2.05) is 0 Å². The normalized spacial score (nSPS) is 28.8. The number of halogens is 2. The molecule has 8 heavy (non-hydrogen) atoms. The van der Waals surface area contributed by atoms with Gasteiger partial charge in [0.05, 0.1) is 0 Å². The molecular weight excluding hydrogens is 167 g/mol. The lowest BCUT2D eigenvalue weighted by molar-refractivity contribution is 0.262. The minimum atomic E-state index is -0.0208. The number of hydrogen-bond donors (Lipinski definition) is 0. The maximum absolute atomic E-state index is 5.62. The molecule has 0 saturated heterocycles. The van der Waals surface area contributed by atoms with Crippen LogP contribution >= 0.6 is 35.0 Å². The van der Waals surface area contributed by atoms with Crippen LogP contribution < -0.4 is 0 Å². The van der Waals surface area contributed by atoms with Crippen molar-refractivity contribution >= 4 is 35.0 Å². The van der Waals surface area contributed by atoms with Gasteiger partial charge >= 0.3 is 0 Å². The fourth-order valence-corrected chi connectivity index (χ4v) is 1.77. The molecule has 0 fully saturated rings. The van der Waals surface area contributed by atoms with Crippen LogP contribution in [-0.4, -0.2) is 11.3 Å². The second kappa shape index (κ2) is 2.85. The minimum Gasteiger partial charge on any atom is -0.497 e. The second-order valence-electron chi connectivity index (χ2n) is 1.28. The Morgan fingerprint density at radius 2 is 2.62 bits per heavy atom. The van der Waals surface area contributed by atoms with Crippen LogP contribution in [0.5, 0.6) is 0 Å². The third-order valence-corrected chi connectivity index (χ3v) is 2.11. The van der Waals surface area contributed by atoms with Crippen LogP contribution in [-0.2, 0) is 4.74 Å². The molecule has 1 heterocycles. The minimum absolute atomic E-state index is 0.0208. The van der Waals surface area contributed by atoms with Crippen molar-refractivity contribution in [2.75, 3.05) is 6.61 Å². The highest BCUT2D eigenvalue weighted by Crippen LogP contribution is 2.31. The molecule has 1 aliphatic rings. The Balaban J connectivity index is 2.45. The zero-order chi connectivity index (χ0) is 5.98. The summed E-state index contributed by atoms with van der Waals surface area (Å²) in [5.74, 6) is 0. The molecule has 46 valence electrons. The predicted molar refractivity (Wildman–Crippen MR) is 37.1 cm³/mol. The van der Waals surface area contributed by atoms with E-state index >= 15 is 0 Å². The fraction of sp³-hybridized carbons (Fsp3) is 0.500. The van der Waals surface area contributed by atoms with Crippen LogP contribution in [0, 0.1) is 0 Å². The van der Waals surface area contributed by atoms with E-state index in [1.165, 1.54) is 18.0 Å². The summed E-state index contributed by atoms with van der Waals surface area (Å²) in [5, 5.41) is 0. The first kappa shape index (κ1) is 6.59. The number of thioether (sulfide) groups is 1. The van der Waals surface area contributed by atoms with Crippen molar-refractivity contribution < 1.29 is 4.74 Å². The molecule has 1 unspecified atom stereocenters. The van der Waals surface area contributed by atoms with Gasteiger partial charge in [-0.2, -0.15) is 0 Å². The molecule has 0 aliphatic carbocycles. The van der Waals surface area contributed by atoms with E-state index in [2.05, 4.69) is 0 Å². The summed E-state index contributed by atoms with van der Waals surface area (Å²) in [7, 11) is 0. The molecule has 1 aliphatic heterocycles.